The van der Waals surface area contributed by atoms with Crippen LogP contribution in [0.25, 0.3) is 0 Å². The van der Waals surface area contributed by atoms with Crippen LogP contribution in [0.15, 0.2) is 0 Å². The van der Waals surface area contributed by atoms with Crippen LogP contribution in [0.3, 0.4) is 0 Å². The number of aliphatic hydroxyl groups is 1. The zero-order valence-electron chi connectivity index (χ0n) is 57.6. The van der Waals surface area contributed by atoms with Crippen molar-refractivity contribution in [3.63, 3.8) is 0 Å². The van der Waals surface area contributed by atoms with Crippen molar-refractivity contribution in [2.24, 2.45) is 5.92 Å². The van der Waals surface area contributed by atoms with E-state index in [1.54, 1.807) is 0 Å². The number of phosphoric acid groups is 2. The summed E-state index contributed by atoms with van der Waals surface area (Å²) in [6, 6.07) is 0. The number of ether oxygens (including phenoxy) is 4. The molecule has 3 N–H and O–H groups in total. The number of carbonyl (C=O) groups is 4. The number of hydrogen-bond donors (Lipinski definition) is 3. The molecule has 19 heteroatoms. The van der Waals surface area contributed by atoms with Gasteiger partial charge < -0.3 is 33.8 Å². The van der Waals surface area contributed by atoms with Gasteiger partial charge in [0.25, 0.3) is 0 Å². The Labute approximate surface area is 543 Å². The predicted molar refractivity (Wildman–Crippen MR) is 358 cm³/mol. The van der Waals surface area contributed by atoms with Gasteiger partial charge in [-0.3, -0.25) is 37.3 Å². The third-order valence-corrected chi connectivity index (χ3v) is 18.5. The molecule has 0 spiro atoms. The Bertz CT molecular complexity index is 1720. The monoisotopic (exact) mass is 1310 g/mol. The average Bonchev–Trinajstić information content (AvgIpc) is 3.65. The van der Waals surface area contributed by atoms with Crippen molar-refractivity contribution in [3.05, 3.63) is 0 Å². The minimum atomic E-state index is -4.95. The van der Waals surface area contributed by atoms with Crippen LogP contribution in [0.1, 0.15) is 362 Å². The molecule has 0 rings (SSSR count). The van der Waals surface area contributed by atoms with Crippen LogP contribution in [0, 0.1) is 5.92 Å². The van der Waals surface area contributed by atoms with E-state index in [4.69, 9.17) is 37.0 Å². The first-order chi connectivity index (χ1) is 43.1. The zero-order chi connectivity index (χ0) is 65.6. The summed E-state index contributed by atoms with van der Waals surface area (Å²) in [6.07, 6.45) is 50.3. The highest BCUT2D eigenvalue weighted by molar-refractivity contribution is 7.47. The first kappa shape index (κ1) is 87.1. The van der Waals surface area contributed by atoms with E-state index < -0.39 is 97.5 Å². The highest BCUT2D eigenvalue weighted by Crippen LogP contribution is 2.45. The molecule has 528 valence electrons. The molecule has 0 bridgehead atoms. The molecule has 89 heavy (non-hydrogen) atoms. The maximum absolute atomic E-state index is 13.0. The molecule has 0 fully saturated rings. The van der Waals surface area contributed by atoms with Gasteiger partial charge in [0.15, 0.2) is 12.2 Å². The van der Waals surface area contributed by atoms with E-state index in [0.717, 1.165) is 102 Å². The minimum Gasteiger partial charge on any atom is -0.462 e. The molecule has 0 aromatic rings. The van der Waals surface area contributed by atoms with Gasteiger partial charge in [0.05, 0.1) is 26.4 Å². The number of hydrogen-bond acceptors (Lipinski definition) is 15. The summed E-state index contributed by atoms with van der Waals surface area (Å²) in [5.74, 6) is -1.29. The zero-order valence-corrected chi connectivity index (χ0v) is 59.4. The molecular formula is C70H136O17P2. The SMILES string of the molecule is CCCCCCCCCCCCCCCCCCCC(=O)OC[C@H](COP(=O)(O)OC[C@@H](O)COP(=O)(O)OC[C@@H](COC(=O)CCCCCCC)OC(=O)CCCCCCCCCCC)OC(=O)CCCCCCCCCCCCCCCCC(C)CC. The molecule has 0 aliphatic rings. The molecule has 6 atom stereocenters. The molecule has 0 aliphatic carbocycles. The third kappa shape index (κ3) is 63.2. The van der Waals surface area contributed by atoms with Gasteiger partial charge in [-0.2, -0.15) is 0 Å². The van der Waals surface area contributed by atoms with E-state index in [2.05, 4.69) is 34.6 Å². The maximum Gasteiger partial charge on any atom is 0.472 e. The van der Waals surface area contributed by atoms with Crippen LogP contribution in [0.2, 0.25) is 0 Å². The Balaban J connectivity index is 5.13. The first-order valence-corrected chi connectivity index (χ1v) is 39.7. The number of rotatable bonds is 70. The number of carbonyl (C=O) groups excluding carboxylic acids is 4. The normalized spacial score (nSPS) is 14.4. The second kappa shape index (κ2) is 63.5. The van der Waals surface area contributed by atoms with Gasteiger partial charge in [-0.1, -0.05) is 311 Å². The molecule has 0 heterocycles. The lowest BCUT2D eigenvalue weighted by molar-refractivity contribution is -0.161. The molecule has 0 saturated carbocycles. The molecule has 0 amide bonds. The quantitative estimate of drug-likeness (QED) is 0.0222. The van der Waals surface area contributed by atoms with Crippen LogP contribution in [-0.4, -0.2) is 96.7 Å². The summed E-state index contributed by atoms with van der Waals surface area (Å²) in [5, 5.41) is 10.5. The highest BCUT2D eigenvalue weighted by atomic mass is 31.2. The van der Waals surface area contributed by atoms with E-state index >= 15 is 0 Å². The van der Waals surface area contributed by atoms with Gasteiger partial charge in [0.1, 0.15) is 19.3 Å². The molecule has 0 aromatic heterocycles. The smallest absolute Gasteiger partial charge is 0.462 e. The van der Waals surface area contributed by atoms with Crippen molar-refractivity contribution in [2.75, 3.05) is 39.6 Å². The third-order valence-electron chi connectivity index (χ3n) is 16.6. The van der Waals surface area contributed by atoms with Crippen LogP contribution in [0.4, 0.5) is 0 Å². The molecule has 0 saturated heterocycles. The van der Waals surface area contributed by atoms with E-state index in [1.807, 2.05) is 0 Å². The second-order valence-corrected chi connectivity index (χ2v) is 28.4. The minimum absolute atomic E-state index is 0.105. The summed E-state index contributed by atoms with van der Waals surface area (Å²) in [7, 11) is -9.89. The van der Waals surface area contributed by atoms with Gasteiger partial charge in [-0.05, 0) is 31.6 Å². The highest BCUT2D eigenvalue weighted by Gasteiger charge is 2.30. The van der Waals surface area contributed by atoms with Crippen LogP contribution >= 0.6 is 15.6 Å². The largest absolute Gasteiger partial charge is 0.472 e. The van der Waals surface area contributed by atoms with Crippen molar-refractivity contribution in [1.29, 1.82) is 0 Å². The van der Waals surface area contributed by atoms with E-state index in [-0.39, 0.29) is 25.7 Å². The fourth-order valence-electron chi connectivity index (χ4n) is 10.6. The summed E-state index contributed by atoms with van der Waals surface area (Å²) in [6.45, 7) is 7.20. The Morgan fingerprint density at radius 3 is 0.798 bits per heavy atom. The molecular weight excluding hydrogens is 1170 g/mol. The summed E-state index contributed by atoms with van der Waals surface area (Å²) < 4.78 is 68.0. The predicted octanol–water partition coefficient (Wildman–Crippen LogP) is 20.1. The lowest BCUT2D eigenvalue weighted by Gasteiger charge is -2.21. The van der Waals surface area contributed by atoms with E-state index in [0.29, 0.717) is 25.7 Å². The summed E-state index contributed by atoms with van der Waals surface area (Å²) in [4.78, 5) is 72.2. The van der Waals surface area contributed by atoms with Gasteiger partial charge in [0, 0.05) is 25.7 Å². The number of aliphatic hydroxyl groups excluding tert-OH is 1. The van der Waals surface area contributed by atoms with Crippen molar-refractivity contribution in [2.45, 2.75) is 380 Å². The fourth-order valence-corrected chi connectivity index (χ4v) is 12.2. The first-order valence-electron chi connectivity index (χ1n) is 36.7. The lowest BCUT2D eigenvalue weighted by Crippen LogP contribution is -2.30. The Hall–Kier alpha value is -1.94. The van der Waals surface area contributed by atoms with Crippen molar-refractivity contribution >= 4 is 39.5 Å². The van der Waals surface area contributed by atoms with Gasteiger partial charge in [0.2, 0.25) is 0 Å². The van der Waals surface area contributed by atoms with Crippen molar-refractivity contribution < 1.29 is 80.2 Å². The Kier molecular flexibility index (Phi) is 62.1. The maximum atomic E-state index is 13.0. The van der Waals surface area contributed by atoms with Crippen molar-refractivity contribution in [3.8, 4) is 0 Å². The number of unbranched alkanes of at least 4 members (excludes halogenated alkanes) is 41. The Morgan fingerprint density at radius 1 is 0.315 bits per heavy atom. The topological polar surface area (TPSA) is 237 Å². The van der Waals surface area contributed by atoms with Crippen LogP contribution in [-0.2, 0) is 65.4 Å². The van der Waals surface area contributed by atoms with Gasteiger partial charge in [-0.15, -0.1) is 0 Å². The van der Waals surface area contributed by atoms with Gasteiger partial charge in [-0.25, -0.2) is 9.13 Å². The van der Waals surface area contributed by atoms with Crippen LogP contribution in [0.5, 0.6) is 0 Å². The van der Waals surface area contributed by atoms with Crippen LogP contribution < -0.4 is 0 Å². The summed E-state index contributed by atoms with van der Waals surface area (Å²) in [5.41, 5.74) is 0. The second-order valence-electron chi connectivity index (χ2n) is 25.5. The molecule has 3 unspecified atom stereocenters. The fraction of sp³-hybridized carbons (Fsp3) is 0.943. The van der Waals surface area contributed by atoms with E-state index in [1.165, 1.54) is 180 Å². The van der Waals surface area contributed by atoms with Crippen molar-refractivity contribution in [1.82, 2.24) is 0 Å². The number of esters is 4. The summed E-state index contributed by atoms with van der Waals surface area (Å²) >= 11 is 0. The van der Waals surface area contributed by atoms with Gasteiger partial charge >= 0.3 is 39.5 Å². The molecule has 0 radical (unpaired) electrons. The lowest BCUT2D eigenvalue weighted by atomic mass is 9.99. The average molecular weight is 1310 g/mol. The standard InChI is InChI=1S/C70H136O17P2/c1-6-10-13-16-18-20-21-22-23-24-25-29-32-36-39-44-49-54-68(73)81-60-66(87-70(75)56-51-46-41-37-33-30-27-26-28-31-35-38-43-47-52-63(5)9-4)62-85-89(78,79)83-58-64(71)57-82-88(76,77)84-61-65(59-80-67(72)53-48-42-15-12-8-3)86-69(74)55-50-45-40-34-19-17-14-11-7-2/h63-66,71H,6-62H2,1-5H3,(H,76,77)(H,78,79)/t63?,64-,65+,66+/m0/s1. The molecule has 0 aromatic carbocycles. The molecule has 17 nitrogen and oxygen atoms in total. The Morgan fingerprint density at radius 2 is 0.539 bits per heavy atom. The number of phosphoric ester groups is 2. The molecule has 0 aliphatic heterocycles. The van der Waals surface area contributed by atoms with E-state index in [9.17, 15) is 43.2 Å².